The van der Waals surface area contributed by atoms with Crippen molar-refractivity contribution in [3.8, 4) is 0 Å². The first-order valence-electron chi connectivity index (χ1n) is 3.15. The van der Waals surface area contributed by atoms with Crippen LogP contribution < -0.4 is 11.1 Å². The highest BCUT2D eigenvalue weighted by Gasteiger charge is 2.03. The maximum Gasteiger partial charge on any atom is 0.168 e. The average molecular weight is 219 g/mol. The van der Waals surface area contributed by atoms with Crippen LogP contribution in [0.4, 0.5) is 5.69 Å². The molecule has 0 fully saturated rings. The number of halogens is 1. The van der Waals surface area contributed by atoms with Crippen molar-refractivity contribution in [2.75, 3.05) is 5.32 Å². The van der Waals surface area contributed by atoms with Gasteiger partial charge in [0.15, 0.2) is 5.11 Å². The number of nitrogens with two attached hydrogens (primary N) is 1. The average Bonchev–Trinajstić information content (AvgIpc) is 1.97. The molecule has 5 heteroatoms. The summed E-state index contributed by atoms with van der Waals surface area (Å²) in [5, 5.41) is 3.47. The van der Waals surface area contributed by atoms with Crippen molar-refractivity contribution in [1.82, 2.24) is 0 Å². The minimum absolute atomic E-state index is 0.179. The number of thiocarbonyl (C=S) groups is 1. The third-order valence-corrected chi connectivity index (χ3v) is 2.03. The first-order chi connectivity index (χ1) is 5.61. The van der Waals surface area contributed by atoms with E-state index in [1.165, 1.54) is 0 Å². The Morgan fingerprint density at radius 1 is 1.58 bits per heavy atom. The molecule has 3 N–H and O–H groups in total. The molecule has 0 aromatic heterocycles. The molecule has 64 valence electrons. The normalized spacial score (nSPS) is 9.50. The highest BCUT2D eigenvalue weighted by Crippen LogP contribution is 2.28. The second-order valence-electron chi connectivity index (χ2n) is 2.12. The lowest BCUT2D eigenvalue weighted by Gasteiger charge is -2.07. The number of anilines is 1. The van der Waals surface area contributed by atoms with Crippen LogP contribution in [0.3, 0.4) is 0 Å². The van der Waals surface area contributed by atoms with Gasteiger partial charge in [-0.25, -0.2) is 0 Å². The molecule has 1 aromatic rings. The first kappa shape index (κ1) is 9.64. The van der Waals surface area contributed by atoms with Gasteiger partial charge in [0.25, 0.3) is 0 Å². The van der Waals surface area contributed by atoms with Gasteiger partial charge in [0.05, 0.1) is 10.7 Å². The van der Waals surface area contributed by atoms with E-state index in [1.807, 2.05) is 0 Å². The van der Waals surface area contributed by atoms with Crippen LogP contribution in [0.5, 0.6) is 0 Å². The molecule has 12 heavy (non-hydrogen) atoms. The van der Waals surface area contributed by atoms with Crippen LogP contribution in [0, 0.1) is 0 Å². The van der Waals surface area contributed by atoms with E-state index in [-0.39, 0.29) is 5.11 Å². The van der Waals surface area contributed by atoms with E-state index < -0.39 is 0 Å². The van der Waals surface area contributed by atoms with Gasteiger partial charge in [-0.15, -0.1) is 12.6 Å². The highest BCUT2D eigenvalue weighted by molar-refractivity contribution is 7.81. The molecule has 0 atom stereocenters. The van der Waals surface area contributed by atoms with Crippen LogP contribution in [0.2, 0.25) is 5.02 Å². The molecule has 0 radical (unpaired) electrons. The maximum atomic E-state index is 5.85. The lowest BCUT2D eigenvalue weighted by molar-refractivity contribution is 1.45. The molecule has 0 spiro atoms. The third kappa shape index (κ3) is 2.27. The summed E-state index contributed by atoms with van der Waals surface area (Å²) < 4.78 is 0. The van der Waals surface area contributed by atoms with Gasteiger partial charge < -0.3 is 11.1 Å². The zero-order valence-electron chi connectivity index (χ0n) is 6.04. The summed E-state index contributed by atoms with van der Waals surface area (Å²) >= 11 is 14.7. The van der Waals surface area contributed by atoms with Gasteiger partial charge in [-0.05, 0) is 24.4 Å². The Morgan fingerprint density at radius 3 is 2.75 bits per heavy atom. The lowest BCUT2D eigenvalue weighted by atomic mass is 10.3. The van der Waals surface area contributed by atoms with Gasteiger partial charge in [-0.2, -0.15) is 0 Å². The third-order valence-electron chi connectivity index (χ3n) is 1.24. The quantitative estimate of drug-likeness (QED) is 0.500. The first-order valence-corrected chi connectivity index (χ1v) is 4.38. The second kappa shape index (κ2) is 3.98. The van der Waals surface area contributed by atoms with E-state index in [4.69, 9.17) is 17.3 Å². The predicted molar refractivity (Wildman–Crippen MR) is 59.1 cm³/mol. The van der Waals surface area contributed by atoms with E-state index in [2.05, 4.69) is 30.2 Å². The van der Waals surface area contributed by atoms with Crippen LogP contribution in [-0.4, -0.2) is 5.11 Å². The molecule has 0 amide bonds. The fourth-order valence-electron chi connectivity index (χ4n) is 0.760. The van der Waals surface area contributed by atoms with Crippen LogP contribution in [0.1, 0.15) is 0 Å². The number of nitrogens with one attached hydrogen (secondary N) is 1. The Hall–Kier alpha value is -0.450. The topological polar surface area (TPSA) is 38.0 Å². The molecule has 0 aliphatic rings. The lowest BCUT2D eigenvalue weighted by Crippen LogP contribution is -2.19. The molecule has 0 saturated carbocycles. The Morgan fingerprint density at radius 2 is 2.25 bits per heavy atom. The molecule has 0 aliphatic heterocycles. The molecular weight excluding hydrogens is 212 g/mol. The van der Waals surface area contributed by atoms with Gasteiger partial charge >= 0.3 is 0 Å². The summed E-state index contributed by atoms with van der Waals surface area (Å²) in [5.41, 5.74) is 5.94. The van der Waals surface area contributed by atoms with Crippen molar-refractivity contribution in [2.45, 2.75) is 4.90 Å². The Balaban J connectivity index is 3.04. The molecule has 0 unspecified atom stereocenters. The minimum Gasteiger partial charge on any atom is -0.376 e. The minimum atomic E-state index is 0.179. The van der Waals surface area contributed by atoms with Gasteiger partial charge in [-0.3, -0.25) is 0 Å². The van der Waals surface area contributed by atoms with E-state index in [9.17, 15) is 0 Å². The summed E-state index contributed by atoms with van der Waals surface area (Å²) in [6.45, 7) is 0. The summed E-state index contributed by atoms with van der Waals surface area (Å²) in [5.74, 6) is 0. The summed E-state index contributed by atoms with van der Waals surface area (Å²) in [4.78, 5) is 0.718. The van der Waals surface area contributed by atoms with Gasteiger partial charge in [-0.1, -0.05) is 17.7 Å². The molecule has 0 bridgehead atoms. The van der Waals surface area contributed by atoms with Crippen molar-refractivity contribution in [2.24, 2.45) is 5.73 Å². The van der Waals surface area contributed by atoms with E-state index >= 15 is 0 Å². The maximum absolute atomic E-state index is 5.85. The van der Waals surface area contributed by atoms with Crippen LogP contribution in [0.15, 0.2) is 23.1 Å². The standard InChI is InChI=1S/C7H7ClN2S2/c8-4-2-1-3-5(11)6(4)10-7(9)12/h1-3,11H,(H3,9,10,12). The van der Waals surface area contributed by atoms with E-state index in [1.54, 1.807) is 18.2 Å². The second-order valence-corrected chi connectivity index (χ2v) is 3.45. The van der Waals surface area contributed by atoms with Crippen LogP contribution in [0.25, 0.3) is 0 Å². The monoisotopic (exact) mass is 218 g/mol. The van der Waals surface area contributed by atoms with Gasteiger partial charge in [0.2, 0.25) is 0 Å². The molecule has 1 rings (SSSR count). The van der Waals surface area contributed by atoms with Crippen molar-refractivity contribution in [3.63, 3.8) is 0 Å². The summed E-state index contributed by atoms with van der Waals surface area (Å²) in [6, 6.07) is 5.34. The SMILES string of the molecule is NC(=S)Nc1c(S)cccc1Cl. The van der Waals surface area contributed by atoms with Gasteiger partial charge in [0, 0.05) is 4.90 Å². The number of benzene rings is 1. The largest absolute Gasteiger partial charge is 0.376 e. The van der Waals surface area contributed by atoms with Crippen LogP contribution in [-0.2, 0) is 0 Å². The van der Waals surface area contributed by atoms with Crippen molar-refractivity contribution < 1.29 is 0 Å². The summed E-state index contributed by atoms with van der Waals surface area (Å²) in [7, 11) is 0. The smallest absolute Gasteiger partial charge is 0.168 e. The number of hydrogen-bond donors (Lipinski definition) is 3. The Labute approximate surface area is 86.5 Å². The molecule has 0 aliphatic carbocycles. The zero-order valence-corrected chi connectivity index (χ0v) is 8.51. The van der Waals surface area contributed by atoms with Crippen LogP contribution >= 0.6 is 36.4 Å². The number of hydrogen-bond acceptors (Lipinski definition) is 2. The zero-order chi connectivity index (χ0) is 9.14. The number of thiol groups is 1. The fraction of sp³-hybridized carbons (Fsp3) is 0. The fourth-order valence-corrected chi connectivity index (χ4v) is 1.41. The molecule has 1 aromatic carbocycles. The Kier molecular flexibility index (Phi) is 3.20. The van der Waals surface area contributed by atoms with Crippen molar-refractivity contribution in [1.29, 1.82) is 0 Å². The molecule has 0 heterocycles. The van der Waals surface area contributed by atoms with Gasteiger partial charge in [0.1, 0.15) is 0 Å². The molecule has 2 nitrogen and oxygen atoms in total. The van der Waals surface area contributed by atoms with E-state index in [0.29, 0.717) is 10.7 Å². The molecular formula is C7H7ClN2S2. The van der Waals surface area contributed by atoms with Crippen molar-refractivity contribution >= 4 is 47.2 Å². The Bertz CT molecular complexity index is 294. The summed E-state index contributed by atoms with van der Waals surface area (Å²) in [6.07, 6.45) is 0. The predicted octanol–water partition coefficient (Wildman–Crippen LogP) is 2.28. The number of para-hydroxylation sites is 1. The van der Waals surface area contributed by atoms with Crippen molar-refractivity contribution in [3.05, 3.63) is 23.2 Å². The van der Waals surface area contributed by atoms with E-state index in [0.717, 1.165) is 4.90 Å². The molecule has 0 saturated heterocycles. The highest BCUT2D eigenvalue weighted by atomic mass is 35.5. The number of rotatable bonds is 1.